The van der Waals surface area contributed by atoms with Crippen molar-refractivity contribution in [2.24, 2.45) is 0 Å². The lowest BCUT2D eigenvalue weighted by Gasteiger charge is -2.26. The molecule has 18 heavy (non-hydrogen) atoms. The van der Waals surface area contributed by atoms with Gasteiger partial charge in [0.15, 0.2) is 0 Å². The quantitative estimate of drug-likeness (QED) is 0.790. The Bertz CT molecular complexity index is 401. The molecule has 14 heteroatoms. The topological polar surface area (TPSA) is 47.9 Å². The molecule has 1 aromatic heterocycles. The summed E-state index contributed by atoms with van der Waals surface area (Å²) in [6.45, 7) is -2.12. The van der Waals surface area contributed by atoms with Crippen LogP contribution in [0.1, 0.15) is 0 Å². The van der Waals surface area contributed by atoms with Crippen molar-refractivity contribution < 1.29 is 35.3 Å². The van der Waals surface area contributed by atoms with Crippen LogP contribution < -0.4 is 4.52 Å². The number of hydrogen-bond donors (Lipinski definition) is 0. The molecule has 4 nitrogen and oxygen atoms in total. The molecule has 1 aromatic rings. The minimum Gasteiger partial charge on any atom is -0.236 e. The van der Waals surface area contributed by atoms with Crippen LogP contribution in [0, 0.1) is 0 Å². The Morgan fingerprint density at radius 3 is 1.89 bits per heavy atom. The number of rotatable bonds is 4. The molecule has 0 spiro atoms. The highest BCUT2D eigenvalue weighted by Crippen LogP contribution is 2.46. The van der Waals surface area contributed by atoms with Gasteiger partial charge in [-0.3, -0.25) is 0 Å². The number of hydrogen-bond acceptors (Lipinski definition) is 4. The van der Waals surface area contributed by atoms with Crippen LogP contribution in [0.2, 0.25) is 0 Å². The highest BCUT2D eigenvalue weighted by molar-refractivity contribution is 7.50. The molecule has 0 unspecified atom stereocenters. The maximum atomic E-state index is 12.8. The molecule has 0 N–H and O–H groups in total. The first-order valence-electron chi connectivity index (χ1n) is 3.85. The van der Waals surface area contributed by atoms with Crippen LogP contribution in [-0.2, 0) is 0 Å². The van der Waals surface area contributed by atoms with E-state index in [1.807, 2.05) is 0 Å². The van der Waals surface area contributed by atoms with Crippen molar-refractivity contribution in [1.82, 2.24) is 13.5 Å². The number of aromatic nitrogens is 3. The average Bonchev–Trinajstić information content (AvgIpc) is 2.26. The van der Waals surface area contributed by atoms with E-state index in [1.54, 1.807) is 0 Å². The second kappa shape index (κ2) is 5.41. The van der Waals surface area contributed by atoms with Gasteiger partial charge in [0, 0.05) is 0 Å². The second-order valence-corrected chi connectivity index (χ2v) is 6.02. The highest BCUT2D eigenvalue weighted by Gasteiger charge is 2.73. The van der Waals surface area contributed by atoms with Crippen molar-refractivity contribution in [3.8, 4) is 0 Å². The Balaban J connectivity index is 2.77. The maximum absolute atomic E-state index is 12.8. The molecule has 1 heterocycles. The third-order valence-corrected chi connectivity index (χ3v) is 4.35. The molecule has 0 aliphatic rings. The summed E-state index contributed by atoms with van der Waals surface area (Å²) in [7, 11) is -1.96. The summed E-state index contributed by atoms with van der Waals surface area (Å²) in [6, 6.07) is 0. The first-order valence-corrected chi connectivity index (χ1v) is 6.61. The van der Waals surface area contributed by atoms with E-state index in [4.69, 9.17) is 0 Å². The van der Waals surface area contributed by atoms with E-state index in [2.05, 4.69) is 18.1 Å². The molecular formula is C4H2F7N3OP3+. The SMILES string of the molecule is FC(F)(F)C(F)(F)C(F)(F)CO[p+]1npnpn1. The van der Waals surface area contributed by atoms with Crippen molar-refractivity contribution in [2.75, 3.05) is 6.61 Å². The molecule has 0 amide bonds. The van der Waals surface area contributed by atoms with E-state index >= 15 is 0 Å². The Morgan fingerprint density at radius 1 is 0.944 bits per heavy atom. The standard InChI is InChI=1S/C4H2F7N3OP3/c5-2(6,3(7,8)4(9,10)11)1-15-18-13-16-12-17-14-18/h1H2/q+1. The third-order valence-electron chi connectivity index (χ3n) is 1.49. The van der Waals surface area contributed by atoms with Crippen LogP contribution in [0.15, 0.2) is 0 Å². The molecule has 0 fully saturated rings. The van der Waals surface area contributed by atoms with Gasteiger partial charge in [-0.05, 0) is 13.5 Å². The van der Waals surface area contributed by atoms with Crippen LogP contribution in [0.3, 0.4) is 0 Å². The van der Waals surface area contributed by atoms with E-state index < -0.39 is 32.7 Å². The fourth-order valence-electron chi connectivity index (χ4n) is 0.628. The lowest BCUT2D eigenvalue weighted by molar-refractivity contribution is -0.356. The number of halogens is 7. The summed E-state index contributed by atoms with van der Waals surface area (Å²) in [5, 5.41) is 0. The molecular weight excluding hydrogens is 332 g/mol. The molecule has 1 rings (SSSR count). The largest absolute Gasteiger partial charge is 0.459 e. The van der Waals surface area contributed by atoms with Crippen molar-refractivity contribution in [1.29, 1.82) is 0 Å². The molecule has 0 atom stereocenters. The van der Waals surface area contributed by atoms with Crippen LogP contribution >= 0.6 is 25.1 Å². The van der Waals surface area contributed by atoms with Crippen LogP contribution in [-0.4, -0.2) is 38.2 Å². The Labute approximate surface area is 99.3 Å². The normalized spacial score (nSPS) is 15.6. The fourth-order valence-corrected chi connectivity index (χ4v) is 3.41. The minimum atomic E-state index is -6.36. The van der Waals surface area contributed by atoms with Crippen LogP contribution in [0.4, 0.5) is 30.7 Å². The molecule has 0 aliphatic heterocycles. The van der Waals surface area contributed by atoms with Gasteiger partial charge in [-0.15, -0.1) is 0 Å². The minimum absolute atomic E-state index is 0.102. The van der Waals surface area contributed by atoms with Crippen LogP contribution in [0.5, 0.6) is 0 Å². The van der Waals surface area contributed by atoms with Gasteiger partial charge < -0.3 is 0 Å². The van der Waals surface area contributed by atoms with E-state index in [1.165, 1.54) is 0 Å². The number of nitrogens with zero attached hydrogens (tertiary/aromatic N) is 3. The van der Waals surface area contributed by atoms with E-state index in [9.17, 15) is 30.7 Å². The monoisotopic (exact) mass is 334 g/mol. The fraction of sp³-hybridized carbons (Fsp3) is 1.00. The summed E-state index contributed by atoms with van der Waals surface area (Å²) < 4.78 is 100. The van der Waals surface area contributed by atoms with Crippen molar-refractivity contribution in [3.63, 3.8) is 0 Å². The molecule has 0 saturated heterocycles. The molecule has 0 bridgehead atoms. The van der Waals surface area contributed by atoms with E-state index in [0.717, 1.165) is 0 Å². The van der Waals surface area contributed by atoms with Gasteiger partial charge >= 0.3 is 43.1 Å². The second-order valence-electron chi connectivity index (χ2n) is 2.75. The van der Waals surface area contributed by atoms with Gasteiger partial charge in [0.05, 0.1) is 0 Å². The zero-order valence-corrected chi connectivity index (χ0v) is 10.6. The van der Waals surface area contributed by atoms with Crippen molar-refractivity contribution in [3.05, 3.63) is 0 Å². The summed E-state index contributed by atoms with van der Waals surface area (Å²) in [5.74, 6) is -11.6. The van der Waals surface area contributed by atoms with Crippen LogP contribution in [0.25, 0.3) is 0 Å². The predicted molar refractivity (Wildman–Crippen MR) is 49.4 cm³/mol. The Morgan fingerprint density at radius 2 is 1.44 bits per heavy atom. The van der Waals surface area contributed by atoms with Gasteiger partial charge in [0.25, 0.3) is 0 Å². The van der Waals surface area contributed by atoms with Crippen molar-refractivity contribution >= 4 is 25.1 Å². The molecule has 102 valence electrons. The lowest BCUT2D eigenvalue weighted by Crippen LogP contribution is -2.54. The van der Waals surface area contributed by atoms with E-state index in [0.29, 0.717) is 0 Å². The lowest BCUT2D eigenvalue weighted by atomic mass is 10.2. The van der Waals surface area contributed by atoms with Gasteiger partial charge in [0.1, 0.15) is 6.61 Å². The summed E-state index contributed by atoms with van der Waals surface area (Å²) in [4.78, 5) is 0. The Hall–Kier alpha value is -0.230. The molecule has 0 aromatic carbocycles. The smallest absolute Gasteiger partial charge is 0.236 e. The zero-order chi connectivity index (χ0) is 14.0. The first-order chi connectivity index (χ1) is 8.08. The molecule has 0 radical (unpaired) electrons. The van der Waals surface area contributed by atoms with Gasteiger partial charge in [-0.1, -0.05) is 0 Å². The third kappa shape index (κ3) is 3.41. The molecule has 0 aliphatic carbocycles. The predicted octanol–water partition coefficient (Wildman–Crippen LogP) is 3.56. The van der Waals surface area contributed by atoms with Crippen molar-refractivity contribution in [2.45, 2.75) is 18.0 Å². The summed E-state index contributed by atoms with van der Waals surface area (Å²) in [5.41, 5.74) is 0. The van der Waals surface area contributed by atoms with Gasteiger partial charge in [-0.25, -0.2) is 4.52 Å². The summed E-state index contributed by atoms with van der Waals surface area (Å²) >= 11 is 0. The average molecular weight is 334 g/mol. The Kier molecular flexibility index (Phi) is 4.76. The van der Waals surface area contributed by atoms with Gasteiger partial charge in [0.2, 0.25) is 0 Å². The van der Waals surface area contributed by atoms with Gasteiger partial charge in [-0.2, -0.15) is 30.7 Å². The number of alkyl halides is 7. The highest BCUT2D eigenvalue weighted by atomic mass is 31.2. The van der Waals surface area contributed by atoms with E-state index in [-0.39, 0.29) is 17.0 Å². The molecule has 0 saturated carbocycles. The maximum Gasteiger partial charge on any atom is 0.459 e. The first kappa shape index (κ1) is 15.8. The summed E-state index contributed by atoms with van der Waals surface area (Å²) in [6.07, 6.45) is -6.36. The zero-order valence-electron chi connectivity index (χ0n) is 7.94.